The third-order valence-electron chi connectivity index (χ3n) is 2.00. The van der Waals surface area contributed by atoms with Crippen LogP contribution < -0.4 is 16.6 Å². The van der Waals surface area contributed by atoms with Crippen LogP contribution in [0.3, 0.4) is 0 Å². The Kier molecular flexibility index (Phi) is 3.58. The van der Waals surface area contributed by atoms with Crippen LogP contribution >= 0.6 is 0 Å². The smallest absolute Gasteiger partial charge is 0.0746 e. The van der Waals surface area contributed by atoms with Crippen LogP contribution in [0.15, 0.2) is 24.3 Å². The molecule has 0 aliphatic carbocycles. The molecular formula is C10H17N3. The number of benzene rings is 1. The highest BCUT2D eigenvalue weighted by Gasteiger charge is 2.02. The number of rotatable bonds is 4. The van der Waals surface area contributed by atoms with Gasteiger partial charge >= 0.3 is 0 Å². The SMILES string of the molecule is CCCCN(N)c1ccccc1N. The van der Waals surface area contributed by atoms with Crippen LogP contribution in [0, 0.1) is 0 Å². The van der Waals surface area contributed by atoms with E-state index in [4.69, 9.17) is 11.6 Å². The molecule has 0 unspecified atom stereocenters. The zero-order valence-corrected chi connectivity index (χ0v) is 8.03. The fraction of sp³-hybridized carbons (Fsp3) is 0.400. The van der Waals surface area contributed by atoms with E-state index >= 15 is 0 Å². The van der Waals surface area contributed by atoms with E-state index in [1.807, 2.05) is 24.3 Å². The first-order chi connectivity index (χ1) is 6.25. The van der Waals surface area contributed by atoms with Gasteiger partial charge in [0.25, 0.3) is 0 Å². The minimum Gasteiger partial charge on any atom is -0.397 e. The summed E-state index contributed by atoms with van der Waals surface area (Å²) in [5.41, 5.74) is 7.42. The third-order valence-corrected chi connectivity index (χ3v) is 2.00. The van der Waals surface area contributed by atoms with Crippen LogP contribution in [-0.4, -0.2) is 6.54 Å². The van der Waals surface area contributed by atoms with Gasteiger partial charge in [-0.15, -0.1) is 0 Å². The number of nitrogen functional groups attached to an aromatic ring is 1. The molecule has 0 amide bonds. The lowest BCUT2D eigenvalue weighted by atomic mass is 10.2. The van der Waals surface area contributed by atoms with Gasteiger partial charge in [0.15, 0.2) is 0 Å². The lowest BCUT2D eigenvalue weighted by Gasteiger charge is -2.19. The average Bonchev–Trinajstić information content (AvgIpc) is 2.15. The molecule has 1 aromatic rings. The summed E-state index contributed by atoms with van der Waals surface area (Å²) in [5.74, 6) is 5.84. The van der Waals surface area contributed by atoms with Crippen molar-refractivity contribution in [1.29, 1.82) is 0 Å². The third kappa shape index (κ3) is 2.63. The molecule has 4 N–H and O–H groups in total. The van der Waals surface area contributed by atoms with Crippen LogP contribution in [0.4, 0.5) is 11.4 Å². The normalized spacial score (nSPS) is 10.0. The number of unbranched alkanes of at least 4 members (excludes halogenated alkanes) is 1. The van der Waals surface area contributed by atoms with Gasteiger partial charge in [-0.05, 0) is 18.6 Å². The molecule has 3 nitrogen and oxygen atoms in total. The molecule has 0 spiro atoms. The van der Waals surface area contributed by atoms with Crippen LogP contribution in [0.25, 0.3) is 0 Å². The first kappa shape index (κ1) is 9.86. The van der Waals surface area contributed by atoms with Crippen LogP contribution in [0.2, 0.25) is 0 Å². The molecule has 0 aliphatic rings. The molecule has 0 bridgehead atoms. The van der Waals surface area contributed by atoms with Crippen LogP contribution in [0.1, 0.15) is 19.8 Å². The maximum atomic E-state index is 5.84. The van der Waals surface area contributed by atoms with Crippen LogP contribution in [0.5, 0.6) is 0 Å². The Hall–Kier alpha value is -1.22. The quantitative estimate of drug-likeness (QED) is 0.420. The molecule has 3 heteroatoms. The van der Waals surface area contributed by atoms with E-state index in [1.54, 1.807) is 5.01 Å². The topological polar surface area (TPSA) is 55.3 Å². The van der Waals surface area contributed by atoms with E-state index in [9.17, 15) is 0 Å². The number of para-hydroxylation sites is 2. The Balaban J connectivity index is 2.65. The lowest BCUT2D eigenvalue weighted by molar-refractivity contribution is 0.739. The summed E-state index contributed by atoms with van der Waals surface area (Å²) < 4.78 is 0. The van der Waals surface area contributed by atoms with Crippen molar-refractivity contribution in [1.82, 2.24) is 0 Å². The summed E-state index contributed by atoms with van der Waals surface area (Å²) in [6.07, 6.45) is 2.23. The van der Waals surface area contributed by atoms with Crippen LogP contribution in [-0.2, 0) is 0 Å². The molecule has 0 saturated heterocycles. The number of anilines is 2. The second-order valence-corrected chi connectivity index (χ2v) is 3.11. The predicted octanol–water partition coefficient (Wildman–Crippen LogP) is 1.75. The highest BCUT2D eigenvalue weighted by Crippen LogP contribution is 2.19. The Morgan fingerprint density at radius 2 is 2.00 bits per heavy atom. The average molecular weight is 179 g/mol. The van der Waals surface area contributed by atoms with Crippen molar-refractivity contribution in [3.05, 3.63) is 24.3 Å². The Morgan fingerprint density at radius 3 is 2.62 bits per heavy atom. The van der Waals surface area contributed by atoms with Crippen molar-refractivity contribution in [2.75, 3.05) is 17.3 Å². The van der Waals surface area contributed by atoms with E-state index in [0.717, 1.165) is 30.8 Å². The number of hydrazine groups is 1. The highest BCUT2D eigenvalue weighted by atomic mass is 15.4. The van der Waals surface area contributed by atoms with E-state index in [2.05, 4.69) is 6.92 Å². The minimum atomic E-state index is 0.737. The standard InChI is InChI=1S/C10H17N3/c1-2-3-8-13(12)10-7-5-4-6-9(10)11/h4-7H,2-3,8,11-12H2,1H3. The molecule has 0 atom stereocenters. The van der Waals surface area contributed by atoms with Crippen molar-refractivity contribution in [2.24, 2.45) is 5.84 Å². The fourth-order valence-electron chi connectivity index (χ4n) is 1.20. The molecule has 1 aromatic carbocycles. The maximum Gasteiger partial charge on any atom is 0.0746 e. The van der Waals surface area contributed by atoms with Crippen molar-refractivity contribution < 1.29 is 0 Å². The Bertz CT molecular complexity index is 260. The zero-order chi connectivity index (χ0) is 9.68. The van der Waals surface area contributed by atoms with Gasteiger partial charge in [0.2, 0.25) is 0 Å². The van der Waals surface area contributed by atoms with E-state index in [-0.39, 0.29) is 0 Å². The molecule has 1 rings (SSSR count). The van der Waals surface area contributed by atoms with Gasteiger partial charge in [-0.25, -0.2) is 5.84 Å². The first-order valence-electron chi connectivity index (χ1n) is 4.62. The fourth-order valence-corrected chi connectivity index (χ4v) is 1.20. The van der Waals surface area contributed by atoms with E-state index in [1.165, 1.54) is 0 Å². The van der Waals surface area contributed by atoms with E-state index in [0.29, 0.717) is 0 Å². The summed E-state index contributed by atoms with van der Waals surface area (Å²) in [4.78, 5) is 0. The lowest BCUT2D eigenvalue weighted by Crippen LogP contribution is -2.32. The summed E-state index contributed by atoms with van der Waals surface area (Å²) in [5, 5.41) is 1.71. The predicted molar refractivity (Wildman–Crippen MR) is 57.3 cm³/mol. The number of hydrogen-bond acceptors (Lipinski definition) is 3. The number of hydrogen-bond donors (Lipinski definition) is 2. The molecule has 0 heterocycles. The summed E-state index contributed by atoms with van der Waals surface area (Å²) >= 11 is 0. The summed E-state index contributed by atoms with van der Waals surface area (Å²) in [7, 11) is 0. The molecule has 0 aliphatic heterocycles. The second kappa shape index (κ2) is 4.72. The van der Waals surface area contributed by atoms with Gasteiger partial charge in [-0.2, -0.15) is 0 Å². The molecular weight excluding hydrogens is 162 g/mol. The molecule has 0 saturated carbocycles. The van der Waals surface area contributed by atoms with Gasteiger partial charge in [0.05, 0.1) is 11.4 Å². The van der Waals surface area contributed by atoms with Gasteiger partial charge in [0, 0.05) is 6.54 Å². The van der Waals surface area contributed by atoms with Gasteiger partial charge < -0.3 is 10.7 Å². The Labute approximate surface area is 79.3 Å². The van der Waals surface area contributed by atoms with Gasteiger partial charge in [0.1, 0.15) is 0 Å². The Morgan fingerprint density at radius 1 is 1.31 bits per heavy atom. The molecule has 72 valence electrons. The van der Waals surface area contributed by atoms with Crippen molar-refractivity contribution in [2.45, 2.75) is 19.8 Å². The van der Waals surface area contributed by atoms with Crippen molar-refractivity contribution in [3.8, 4) is 0 Å². The zero-order valence-electron chi connectivity index (χ0n) is 8.03. The number of nitrogens with two attached hydrogens (primary N) is 2. The number of nitrogens with zero attached hydrogens (tertiary/aromatic N) is 1. The largest absolute Gasteiger partial charge is 0.397 e. The maximum absolute atomic E-state index is 5.84. The summed E-state index contributed by atoms with van der Waals surface area (Å²) in [6, 6.07) is 7.65. The second-order valence-electron chi connectivity index (χ2n) is 3.11. The minimum absolute atomic E-state index is 0.737. The van der Waals surface area contributed by atoms with Crippen molar-refractivity contribution in [3.63, 3.8) is 0 Å². The molecule has 0 aromatic heterocycles. The molecule has 0 radical (unpaired) electrons. The molecule has 13 heavy (non-hydrogen) atoms. The molecule has 0 fully saturated rings. The summed E-state index contributed by atoms with van der Waals surface area (Å²) in [6.45, 7) is 2.99. The van der Waals surface area contributed by atoms with Gasteiger partial charge in [-0.3, -0.25) is 0 Å². The highest BCUT2D eigenvalue weighted by molar-refractivity contribution is 5.66. The van der Waals surface area contributed by atoms with Crippen molar-refractivity contribution >= 4 is 11.4 Å². The van der Waals surface area contributed by atoms with Gasteiger partial charge in [-0.1, -0.05) is 25.5 Å². The first-order valence-corrected chi connectivity index (χ1v) is 4.62. The van der Waals surface area contributed by atoms with E-state index < -0.39 is 0 Å². The monoisotopic (exact) mass is 179 g/mol.